The summed E-state index contributed by atoms with van der Waals surface area (Å²) < 4.78 is 6.80. The van der Waals surface area contributed by atoms with E-state index in [-0.39, 0.29) is 23.2 Å². The van der Waals surface area contributed by atoms with Crippen molar-refractivity contribution in [1.29, 1.82) is 0 Å². The summed E-state index contributed by atoms with van der Waals surface area (Å²) in [4.78, 5) is 11.9. The highest BCUT2D eigenvalue weighted by Crippen LogP contribution is 2.15. The minimum atomic E-state index is -0.0949. The molecule has 0 bridgehead atoms. The van der Waals surface area contributed by atoms with E-state index in [0.29, 0.717) is 0 Å². The van der Waals surface area contributed by atoms with Crippen LogP contribution >= 0.6 is 11.6 Å². The molecule has 0 atom stereocenters. The molecule has 5 heteroatoms. The number of rotatable bonds is 4. The third-order valence-electron chi connectivity index (χ3n) is 2.58. The smallest absolute Gasteiger partial charge is 0.203 e. The lowest BCUT2D eigenvalue weighted by Gasteiger charge is -1.98. The van der Waals surface area contributed by atoms with Crippen molar-refractivity contribution in [1.82, 2.24) is 9.78 Å². The summed E-state index contributed by atoms with van der Waals surface area (Å²) in [5, 5.41) is 4.52. The first kappa shape index (κ1) is 11.9. The van der Waals surface area contributed by atoms with Gasteiger partial charge in [0, 0.05) is 12.7 Å². The first-order valence-corrected chi connectivity index (χ1v) is 5.78. The van der Waals surface area contributed by atoms with Crippen LogP contribution in [0.4, 0.5) is 0 Å². The van der Waals surface area contributed by atoms with E-state index in [1.165, 1.54) is 0 Å². The van der Waals surface area contributed by atoms with Gasteiger partial charge in [-0.05, 0) is 36.2 Å². The van der Waals surface area contributed by atoms with Crippen LogP contribution in [-0.2, 0) is 19.9 Å². The zero-order valence-corrected chi connectivity index (χ0v) is 10.5. The van der Waals surface area contributed by atoms with E-state index < -0.39 is 0 Å². The van der Waals surface area contributed by atoms with Gasteiger partial charge < -0.3 is 4.42 Å². The largest absolute Gasteiger partial charge is 0.442 e. The Balaban J connectivity index is 2.15. The van der Waals surface area contributed by atoms with Crippen LogP contribution in [0.15, 0.2) is 22.6 Å². The molecular weight excluding hydrogens is 240 g/mol. The number of Topliss-reactive ketones (excluding diaryl/α,β-unsaturated/α-hetero) is 1. The number of furan rings is 1. The number of ketones is 1. The quantitative estimate of drug-likeness (QED) is 0.786. The number of nitrogens with zero attached hydrogens (tertiary/aromatic N) is 2. The minimum Gasteiger partial charge on any atom is -0.442 e. The number of aryl methyl sites for hydroxylation is 2. The number of halogens is 1. The minimum absolute atomic E-state index is 0.0949. The third kappa shape index (κ3) is 2.58. The van der Waals surface area contributed by atoms with Crippen LogP contribution in [0.3, 0.4) is 0 Å². The van der Waals surface area contributed by atoms with Crippen molar-refractivity contribution in [3.05, 3.63) is 40.6 Å². The van der Waals surface area contributed by atoms with Crippen molar-refractivity contribution in [2.45, 2.75) is 19.8 Å². The van der Waals surface area contributed by atoms with Crippen LogP contribution in [-0.4, -0.2) is 15.6 Å². The second kappa shape index (κ2) is 4.75. The van der Waals surface area contributed by atoms with Gasteiger partial charge in [0.25, 0.3) is 0 Å². The maximum atomic E-state index is 11.9. The van der Waals surface area contributed by atoms with Gasteiger partial charge in [0.05, 0.1) is 12.1 Å². The number of hydrogen-bond acceptors (Lipinski definition) is 3. The Morgan fingerprint density at radius 1 is 1.53 bits per heavy atom. The summed E-state index contributed by atoms with van der Waals surface area (Å²) in [5.74, 6) is 0.191. The van der Waals surface area contributed by atoms with Crippen LogP contribution in [0.25, 0.3) is 0 Å². The Bertz CT molecular complexity index is 542. The molecule has 0 radical (unpaired) electrons. The van der Waals surface area contributed by atoms with Crippen LogP contribution < -0.4 is 0 Å². The second-order valence-corrected chi connectivity index (χ2v) is 4.18. The monoisotopic (exact) mass is 252 g/mol. The Morgan fingerprint density at radius 2 is 2.29 bits per heavy atom. The van der Waals surface area contributed by atoms with E-state index in [9.17, 15) is 4.79 Å². The summed E-state index contributed by atoms with van der Waals surface area (Å²) in [5.41, 5.74) is 1.85. The maximum absolute atomic E-state index is 11.9. The summed E-state index contributed by atoms with van der Waals surface area (Å²) in [7, 11) is 1.83. The lowest BCUT2D eigenvalue weighted by Crippen LogP contribution is -2.06. The lowest BCUT2D eigenvalue weighted by atomic mass is 10.1. The van der Waals surface area contributed by atoms with E-state index in [0.717, 1.165) is 17.8 Å². The molecule has 0 saturated carbocycles. The Hall–Kier alpha value is -1.55. The maximum Gasteiger partial charge on any atom is 0.203 e. The van der Waals surface area contributed by atoms with Gasteiger partial charge in [0.2, 0.25) is 5.78 Å². The molecule has 0 amide bonds. The highest BCUT2D eigenvalue weighted by molar-refractivity contribution is 6.29. The highest BCUT2D eigenvalue weighted by Gasteiger charge is 2.14. The van der Waals surface area contributed by atoms with E-state index >= 15 is 0 Å². The van der Waals surface area contributed by atoms with Gasteiger partial charge in [0.1, 0.15) is 0 Å². The Kier molecular flexibility index (Phi) is 3.33. The molecule has 2 aromatic heterocycles. The van der Waals surface area contributed by atoms with Gasteiger partial charge in [-0.25, -0.2) is 0 Å². The fraction of sp³-hybridized carbons (Fsp3) is 0.333. The molecule has 0 unspecified atom stereocenters. The molecule has 90 valence electrons. The van der Waals surface area contributed by atoms with Crippen LogP contribution in [0.5, 0.6) is 0 Å². The molecule has 0 aliphatic carbocycles. The van der Waals surface area contributed by atoms with Gasteiger partial charge in [0.15, 0.2) is 11.0 Å². The van der Waals surface area contributed by atoms with E-state index in [1.807, 2.05) is 20.0 Å². The molecular formula is C12H13ClN2O2. The molecule has 2 heterocycles. The summed E-state index contributed by atoms with van der Waals surface area (Å²) in [6.45, 7) is 2.03. The van der Waals surface area contributed by atoms with Crippen molar-refractivity contribution in [3.63, 3.8) is 0 Å². The first-order valence-electron chi connectivity index (χ1n) is 5.40. The zero-order chi connectivity index (χ0) is 12.4. The van der Waals surface area contributed by atoms with E-state index in [2.05, 4.69) is 5.10 Å². The summed E-state index contributed by atoms with van der Waals surface area (Å²) >= 11 is 5.63. The first-order chi connectivity index (χ1) is 8.10. The lowest BCUT2D eigenvalue weighted by molar-refractivity contribution is 0.0964. The van der Waals surface area contributed by atoms with Gasteiger partial charge in [-0.15, -0.1) is 0 Å². The van der Waals surface area contributed by atoms with Gasteiger partial charge in [-0.2, -0.15) is 5.10 Å². The standard InChI is InChI=1S/C12H13ClN2O2/c1-3-8-6-9(15(2)14-8)7-10(16)11-4-5-12(13)17-11/h4-6H,3,7H2,1-2H3. The molecule has 4 nitrogen and oxygen atoms in total. The molecule has 0 aromatic carbocycles. The average Bonchev–Trinajstić information content (AvgIpc) is 2.86. The van der Waals surface area contributed by atoms with Gasteiger partial charge >= 0.3 is 0 Å². The Morgan fingerprint density at radius 3 is 2.82 bits per heavy atom. The van der Waals surface area contributed by atoms with Crippen molar-refractivity contribution >= 4 is 17.4 Å². The van der Waals surface area contributed by atoms with Crippen molar-refractivity contribution in [2.75, 3.05) is 0 Å². The fourth-order valence-corrected chi connectivity index (χ4v) is 1.77. The SMILES string of the molecule is CCc1cc(CC(=O)c2ccc(Cl)o2)n(C)n1. The van der Waals surface area contributed by atoms with Crippen LogP contribution in [0.2, 0.25) is 5.22 Å². The third-order valence-corrected chi connectivity index (χ3v) is 2.78. The molecule has 2 rings (SSSR count). The molecule has 0 aliphatic heterocycles. The molecule has 0 aliphatic rings. The number of aromatic nitrogens is 2. The summed E-state index contributed by atoms with van der Waals surface area (Å²) in [6.07, 6.45) is 1.13. The number of carbonyl (C=O) groups is 1. The molecule has 0 fully saturated rings. The van der Waals surface area contributed by atoms with Crippen molar-refractivity contribution in [2.24, 2.45) is 7.05 Å². The number of hydrogen-bond donors (Lipinski definition) is 0. The van der Waals surface area contributed by atoms with Crippen molar-refractivity contribution in [3.8, 4) is 0 Å². The second-order valence-electron chi connectivity index (χ2n) is 3.81. The van der Waals surface area contributed by atoms with E-state index in [1.54, 1.807) is 16.8 Å². The van der Waals surface area contributed by atoms with Gasteiger partial charge in [-0.1, -0.05) is 6.92 Å². The predicted molar refractivity (Wildman–Crippen MR) is 64.3 cm³/mol. The fourth-order valence-electron chi connectivity index (χ4n) is 1.63. The molecule has 0 spiro atoms. The van der Waals surface area contributed by atoms with Crippen LogP contribution in [0, 0.1) is 0 Å². The molecule has 2 aromatic rings. The molecule has 0 N–H and O–H groups in total. The molecule has 0 saturated heterocycles. The average molecular weight is 253 g/mol. The predicted octanol–water partition coefficient (Wildman–Crippen LogP) is 2.65. The topological polar surface area (TPSA) is 48.0 Å². The van der Waals surface area contributed by atoms with Crippen LogP contribution in [0.1, 0.15) is 28.9 Å². The van der Waals surface area contributed by atoms with Crippen molar-refractivity contribution < 1.29 is 9.21 Å². The van der Waals surface area contributed by atoms with Gasteiger partial charge in [-0.3, -0.25) is 9.48 Å². The normalized spacial score (nSPS) is 10.8. The number of carbonyl (C=O) groups excluding carboxylic acids is 1. The summed E-state index contributed by atoms with van der Waals surface area (Å²) in [6, 6.07) is 5.08. The zero-order valence-electron chi connectivity index (χ0n) is 9.74. The Labute approximate surface area is 104 Å². The van der Waals surface area contributed by atoms with E-state index in [4.69, 9.17) is 16.0 Å². The highest BCUT2D eigenvalue weighted by atomic mass is 35.5. The molecule has 17 heavy (non-hydrogen) atoms.